The molecule has 0 saturated heterocycles. The minimum Gasteiger partial charge on any atom is -0.384 e. The van der Waals surface area contributed by atoms with Crippen molar-refractivity contribution in [2.75, 3.05) is 20.3 Å². The maximum absolute atomic E-state index is 6.28. The van der Waals surface area contributed by atoms with E-state index >= 15 is 0 Å². The molecule has 0 unspecified atom stereocenters. The molecule has 2 saturated carbocycles. The summed E-state index contributed by atoms with van der Waals surface area (Å²) in [5.41, 5.74) is 6.56. The number of methoxy groups -OCH3 is 1. The molecule has 2 nitrogen and oxygen atoms in total. The second-order valence-corrected chi connectivity index (χ2v) is 6.54. The normalized spacial score (nSPS) is 24.3. The highest BCUT2D eigenvalue weighted by Crippen LogP contribution is 2.48. The average Bonchev–Trinajstić information content (AvgIpc) is 2.47. The Labute approximate surface area is 113 Å². The number of hydrogen-bond donors (Lipinski definition) is 1. The van der Waals surface area contributed by atoms with E-state index in [9.17, 15) is 0 Å². The van der Waals surface area contributed by atoms with E-state index in [1.165, 1.54) is 64.2 Å². The average molecular weight is 253 g/mol. The summed E-state index contributed by atoms with van der Waals surface area (Å²) in [4.78, 5) is 0. The lowest BCUT2D eigenvalue weighted by Gasteiger charge is -2.48. The molecule has 2 aliphatic carbocycles. The van der Waals surface area contributed by atoms with Crippen molar-refractivity contribution in [2.45, 2.75) is 64.2 Å². The molecule has 18 heavy (non-hydrogen) atoms. The van der Waals surface area contributed by atoms with Gasteiger partial charge in [-0.25, -0.2) is 0 Å². The summed E-state index contributed by atoms with van der Waals surface area (Å²) >= 11 is 0. The van der Waals surface area contributed by atoms with E-state index in [1.54, 1.807) is 0 Å². The van der Waals surface area contributed by atoms with Crippen LogP contribution in [0.1, 0.15) is 64.2 Å². The molecule has 0 bridgehead atoms. The van der Waals surface area contributed by atoms with E-state index in [4.69, 9.17) is 10.5 Å². The van der Waals surface area contributed by atoms with Gasteiger partial charge in [-0.15, -0.1) is 0 Å². The van der Waals surface area contributed by atoms with E-state index in [1.807, 2.05) is 7.11 Å². The Morgan fingerprint density at radius 2 is 1.33 bits per heavy atom. The van der Waals surface area contributed by atoms with Crippen LogP contribution in [0.5, 0.6) is 0 Å². The lowest BCUT2D eigenvalue weighted by molar-refractivity contribution is -0.0369. The van der Waals surface area contributed by atoms with Gasteiger partial charge in [-0.1, -0.05) is 38.5 Å². The van der Waals surface area contributed by atoms with Crippen LogP contribution in [-0.2, 0) is 4.74 Å². The van der Waals surface area contributed by atoms with Gasteiger partial charge >= 0.3 is 0 Å². The molecule has 0 heterocycles. The van der Waals surface area contributed by atoms with Crippen LogP contribution < -0.4 is 5.73 Å². The first-order valence-electron chi connectivity index (χ1n) is 8.02. The van der Waals surface area contributed by atoms with Crippen molar-refractivity contribution in [1.82, 2.24) is 0 Å². The Morgan fingerprint density at radius 1 is 0.889 bits per heavy atom. The predicted molar refractivity (Wildman–Crippen MR) is 76.5 cm³/mol. The zero-order chi connectivity index (χ0) is 12.8. The molecule has 2 heteroatoms. The molecule has 0 radical (unpaired) electrons. The van der Waals surface area contributed by atoms with Gasteiger partial charge in [0.15, 0.2) is 0 Å². The van der Waals surface area contributed by atoms with Gasteiger partial charge < -0.3 is 10.5 Å². The molecule has 0 amide bonds. The zero-order valence-electron chi connectivity index (χ0n) is 12.1. The Hall–Kier alpha value is -0.0800. The molecule has 0 aromatic heterocycles. The summed E-state index contributed by atoms with van der Waals surface area (Å²) in [6.07, 6.45) is 14.0. The van der Waals surface area contributed by atoms with Crippen molar-refractivity contribution in [1.29, 1.82) is 0 Å². The van der Waals surface area contributed by atoms with Gasteiger partial charge in [-0.05, 0) is 37.5 Å². The van der Waals surface area contributed by atoms with Gasteiger partial charge in [-0.3, -0.25) is 0 Å². The predicted octanol–water partition coefficient (Wildman–Crippen LogP) is 3.74. The number of rotatable bonds is 5. The van der Waals surface area contributed by atoms with Crippen LogP contribution in [-0.4, -0.2) is 20.3 Å². The van der Waals surface area contributed by atoms with E-state index in [0.717, 1.165) is 25.0 Å². The summed E-state index contributed by atoms with van der Waals surface area (Å²) in [5.74, 6) is 1.64. The lowest BCUT2D eigenvalue weighted by atomic mass is 9.59. The fraction of sp³-hybridized carbons (Fsp3) is 1.00. The molecule has 0 aromatic rings. The van der Waals surface area contributed by atoms with Gasteiger partial charge in [-0.2, -0.15) is 0 Å². The molecule has 2 N–H and O–H groups in total. The van der Waals surface area contributed by atoms with Crippen LogP contribution in [0, 0.1) is 17.3 Å². The topological polar surface area (TPSA) is 35.2 Å². The van der Waals surface area contributed by atoms with Crippen molar-refractivity contribution in [3.63, 3.8) is 0 Å². The summed E-state index contributed by atoms with van der Waals surface area (Å²) in [5, 5.41) is 0. The van der Waals surface area contributed by atoms with Gasteiger partial charge in [0.1, 0.15) is 0 Å². The SMILES string of the molecule is COCC(CN)(C1CCCCC1)C1CCCCC1. The first kappa shape index (κ1) is 14.3. The maximum Gasteiger partial charge on any atom is 0.0536 e. The monoisotopic (exact) mass is 253 g/mol. The van der Waals surface area contributed by atoms with Crippen molar-refractivity contribution < 1.29 is 4.74 Å². The van der Waals surface area contributed by atoms with Crippen molar-refractivity contribution in [2.24, 2.45) is 23.0 Å². The third-order valence-electron chi connectivity index (χ3n) is 5.63. The Morgan fingerprint density at radius 3 is 1.67 bits per heavy atom. The first-order valence-corrected chi connectivity index (χ1v) is 8.02. The highest BCUT2D eigenvalue weighted by Gasteiger charge is 2.44. The van der Waals surface area contributed by atoms with Gasteiger partial charge in [0.05, 0.1) is 6.61 Å². The molecular formula is C16H31NO. The quantitative estimate of drug-likeness (QED) is 0.810. The van der Waals surface area contributed by atoms with Crippen LogP contribution in [0.3, 0.4) is 0 Å². The lowest BCUT2D eigenvalue weighted by Crippen LogP contribution is -2.49. The minimum atomic E-state index is 0.287. The smallest absolute Gasteiger partial charge is 0.0536 e. The summed E-state index contributed by atoms with van der Waals surface area (Å²) < 4.78 is 5.62. The Balaban J connectivity index is 2.13. The highest BCUT2D eigenvalue weighted by atomic mass is 16.5. The third kappa shape index (κ3) is 2.91. The van der Waals surface area contributed by atoms with E-state index in [0.29, 0.717) is 0 Å². The third-order valence-corrected chi connectivity index (χ3v) is 5.63. The highest BCUT2D eigenvalue weighted by molar-refractivity contribution is 4.95. The molecule has 0 aliphatic heterocycles. The number of nitrogens with two attached hydrogens (primary N) is 1. The summed E-state index contributed by atoms with van der Waals surface area (Å²) in [6, 6.07) is 0. The van der Waals surface area contributed by atoms with Crippen LogP contribution >= 0.6 is 0 Å². The van der Waals surface area contributed by atoms with E-state index < -0.39 is 0 Å². The van der Waals surface area contributed by atoms with E-state index in [2.05, 4.69) is 0 Å². The van der Waals surface area contributed by atoms with Crippen LogP contribution in [0.4, 0.5) is 0 Å². The molecule has 2 rings (SSSR count). The summed E-state index contributed by atoms with van der Waals surface area (Å²) in [6.45, 7) is 1.72. The molecule has 2 aliphatic rings. The van der Waals surface area contributed by atoms with Crippen molar-refractivity contribution >= 4 is 0 Å². The van der Waals surface area contributed by atoms with Gasteiger partial charge in [0, 0.05) is 19.1 Å². The van der Waals surface area contributed by atoms with E-state index in [-0.39, 0.29) is 5.41 Å². The number of ether oxygens (including phenoxy) is 1. The molecule has 0 spiro atoms. The first-order chi connectivity index (χ1) is 8.83. The summed E-state index contributed by atoms with van der Waals surface area (Å²) in [7, 11) is 1.86. The molecule has 0 atom stereocenters. The maximum atomic E-state index is 6.28. The second-order valence-electron chi connectivity index (χ2n) is 6.54. The van der Waals surface area contributed by atoms with Crippen molar-refractivity contribution in [3.8, 4) is 0 Å². The Kier molecular flexibility index (Phi) is 5.50. The van der Waals surface area contributed by atoms with Crippen LogP contribution in [0.15, 0.2) is 0 Å². The van der Waals surface area contributed by atoms with Crippen LogP contribution in [0.2, 0.25) is 0 Å². The van der Waals surface area contributed by atoms with Gasteiger partial charge in [0.25, 0.3) is 0 Å². The molecule has 0 aromatic carbocycles. The molecule has 106 valence electrons. The second kappa shape index (κ2) is 6.91. The Bertz CT molecular complexity index is 211. The zero-order valence-corrected chi connectivity index (χ0v) is 12.1. The van der Waals surface area contributed by atoms with Crippen molar-refractivity contribution in [3.05, 3.63) is 0 Å². The molecular weight excluding hydrogens is 222 g/mol. The van der Waals surface area contributed by atoms with Crippen LogP contribution in [0.25, 0.3) is 0 Å². The fourth-order valence-electron chi connectivity index (χ4n) is 4.59. The standard InChI is InChI=1S/C16H31NO/c1-18-13-16(12-17,14-8-4-2-5-9-14)15-10-6-3-7-11-15/h14-15H,2-13,17H2,1H3. The number of hydrogen-bond acceptors (Lipinski definition) is 2. The fourth-order valence-corrected chi connectivity index (χ4v) is 4.59. The van der Waals surface area contributed by atoms with Gasteiger partial charge in [0.2, 0.25) is 0 Å². The molecule has 2 fully saturated rings. The minimum absolute atomic E-state index is 0.287. The largest absolute Gasteiger partial charge is 0.384 e.